The van der Waals surface area contributed by atoms with E-state index in [1.165, 1.54) is 0 Å². The molecule has 0 aliphatic rings. The first kappa shape index (κ1) is 19.7. The van der Waals surface area contributed by atoms with Crippen molar-refractivity contribution in [3.63, 3.8) is 0 Å². The maximum absolute atomic E-state index is 12.7. The predicted octanol–water partition coefficient (Wildman–Crippen LogP) is 3.04. The predicted molar refractivity (Wildman–Crippen MR) is 115 cm³/mol. The number of aliphatic hydroxyl groups excluding tert-OH is 1. The van der Waals surface area contributed by atoms with Gasteiger partial charge in [-0.05, 0) is 35.6 Å². The van der Waals surface area contributed by atoms with Crippen LogP contribution in [0.1, 0.15) is 29.3 Å². The molecule has 7 heteroatoms. The zero-order valence-electron chi connectivity index (χ0n) is 16.7. The summed E-state index contributed by atoms with van der Waals surface area (Å²) >= 11 is 0. The van der Waals surface area contributed by atoms with Crippen LogP contribution >= 0.6 is 0 Å². The summed E-state index contributed by atoms with van der Waals surface area (Å²) in [6, 6.07) is 15.2. The minimum Gasteiger partial charge on any atom is -0.394 e. The molecule has 152 valence electrons. The summed E-state index contributed by atoms with van der Waals surface area (Å²) in [4.78, 5) is 16.8. The average Bonchev–Trinajstić information content (AvgIpc) is 3.26. The molecule has 0 fully saturated rings. The monoisotopic (exact) mass is 401 g/mol. The molecule has 30 heavy (non-hydrogen) atoms. The fourth-order valence-corrected chi connectivity index (χ4v) is 3.34. The molecule has 2 N–H and O–H groups in total. The Balaban J connectivity index is 1.56. The van der Waals surface area contributed by atoms with E-state index in [0.29, 0.717) is 18.5 Å². The molecule has 0 aliphatic carbocycles. The molecule has 0 radical (unpaired) electrons. The molecule has 0 unspecified atom stereocenters. The van der Waals surface area contributed by atoms with Gasteiger partial charge in [0.05, 0.1) is 25.4 Å². The van der Waals surface area contributed by atoms with Gasteiger partial charge in [0.2, 0.25) is 0 Å². The van der Waals surface area contributed by atoms with Crippen molar-refractivity contribution in [1.82, 2.24) is 25.3 Å². The number of hydrogen-bond donors (Lipinski definition) is 2. The number of benzene rings is 2. The van der Waals surface area contributed by atoms with Crippen LogP contribution in [0.3, 0.4) is 0 Å². The summed E-state index contributed by atoms with van der Waals surface area (Å²) in [7, 11) is 0. The fraction of sp³-hybridized carbons (Fsp3) is 0.217. The van der Waals surface area contributed by atoms with E-state index >= 15 is 0 Å². The lowest BCUT2D eigenvalue weighted by Gasteiger charge is -2.15. The molecule has 4 aromatic rings. The molecule has 0 aliphatic heterocycles. The zero-order chi connectivity index (χ0) is 20.9. The van der Waals surface area contributed by atoms with Gasteiger partial charge >= 0.3 is 0 Å². The second kappa shape index (κ2) is 8.84. The van der Waals surface area contributed by atoms with Crippen LogP contribution < -0.4 is 5.32 Å². The van der Waals surface area contributed by atoms with Crippen LogP contribution in [-0.4, -0.2) is 43.6 Å². The van der Waals surface area contributed by atoms with E-state index in [-0.39, 0.29) is 18.6 Å². The minimum atomic E-state index is -0.258. The maximum atomic E-state index is 12.7. The van der Waals surface area contributed by atoms with E-state index in [2.05, 4.69) is 26.7 Å². The van der Waals surface area contributed by atoms with Crippen molar-refractivity contribution in [2.24, 2.45) is 0 Å². The van der Waals surface area contributed by atoms with Gasteiger partial charge < -0.3 is 10.4 Å². The number of pyridine rings is 1. The standard InChI is InChI=1S/C23H23N5O2/c1-2-20(15-29)25-23(30)21-6-4-3-5-19(21)13-28-14-22(26-27-28)17-7-8-18-12-24-10-9-16(18)11-17/h3-12,14,20,29H,2,13,15H2,1H3,(H,25,30)/t20-/m1/s1. The highest BCUT2D eigenvalue weighted by molar-refractivity contribution is 5.95. The molecule has 1 atom stereocenters. The normalized spacial score (nSPS) is 12.1. The van der Waals surface area contributed by atoms with Crippen LogP contribution in [0.15, 0.2) is 67.1 Å². The number of aromatic nitrogens is 4. The first-order chi connectivity index (χ1) is 14.7. The molecular weight excluding hydrogens is 378 g/mol. The third kappa shape index (κ3) is 4.21. The smallest absolute Gasteiger partial charge is 0.251 e. The molecule has 0 spiro atoms. The molecular formula is C23H23N5O2. The van der Waals surface area contributed by atoms with Gasteiger partial charge in [0.15, 0.2) is 0 Å². The molecule has 0 bridgehead atoms. The molecule has 0 saturated heterocycles. The van der Waals surface area contributed by atoms with Gasteiger partial charge in [0, 0.05) is 28.9 Å². The van der Waals surface area contributed by atoms with Crippen LogP contribution in [0.4, 0.5) is 0 Å². The Morgan fingerprint density at radius 2 is 2.03 bits per heavy atom. The number of amides is 1. The number of hydrogen-bond acceptors (Lipinski definition) is 5. The van der Waals surface area contributed by atoms with Crippen LogP contribution in [0.25, 0.3) is 22.0 Å². The highest BCUT2D eigenvalue weighted by Crippen LogP contribution is 2.22. The van der Waals surface area contributed by atoms with Gasteiger partial charge in [0.1, 0.15) is 5.69 Å². The van der Waals surface area contributed by atoms with Crippen LogP contribution in [0, 0.1) is 0 Å². The van der Waals surface area contributed by atoms with Gasteiger partial charge in [-0.25, -0.2) is 4.68 Å². The molecule has 2 aromatic carbocycles. The average molecular weight is 401 g/mol. The summed E-state index contributed by atoms with van der Waals surface area (Å²) in [6.07, 6.45) is 6.14. The Morgan fingerprint density at radius 1 is 1.17 bits per heavy atom. The summed E-state index contributed by atoms with van der Waals surface area (Å²) in [5.41, 5.74) is 3.14. The van der Waals surface area contributed by atoms with E-state index in [1.807, 2.05) is 55.7 Å². The summed E-state index contributed by atoms with van der Waals surface area (Å²) in [5, 5.41) is 22.9. The van der Waals surface area contributed by atoms with E-state index < -0.39 is 0 Å². The van der Waals surface area contributed by atoms with Crippen molar-refractivity contribution >= 4 is 16.7 Å². The molecule has 7 nitrogen and oxygen atoms in total. The summed E-state index contributed by atoms with van der Waals surface area (Å²) in [5.74, 6) is -0.199. The van der Waals surface area contributed by atoms with Crippen molar-refractivity contribution in [2.75, 3.05) is 6.61 Å². The number of nitrogens with one attached hydrogen (secondary N) is 1. The first-order valence-corrected chi connectivity index (χ1v) is 9.92. The Labute approximate surface area is 174 Å². The van der Waals surface area contributed by atoms with E-state index in [9.17, 15) is 9.90 Å². The second-order valence-electron chi connectivity index (χ2n) is 7.16. The Bertz CT molecular complexity index is 1170. The second-order valence-corrected chi connectivity index (χ2v) is 7.16. The van der Waals surface area contributed by atoms with Crippen molar-refractivity contribution in [3.8, 4) is 11.3 Å². The lowest BCUT2D eigenvalue weighted by molar-refractivity contribution is 0.0914. The van der Waals surface area contributed by atoms with Gasteiger partial charge in [-0.1, -0.05) is 42.5 Å². The molecule has 2 aromatic heterocycles. The third-order valence-corrected chi connectivity index (χ3v) is 5.12. The summed E-state index contributed by atoms with van der Waals surface area (Å²) < 4.78 is 1.72. The molecule has 1 amide bonds. The van der Waals surface area contributed by atoms with Gasteiger partial charge in [0.25, 0.3) is 5.91 Å². The Morgan fingerprint density at radius 3 is 2.87 bits per heavy atom. The quantitative estimate of drug-likeness (QED) is 0.497. The third-order valence-electron chi connectivity index (χ3n) is 5.12. The van der Waals surface area contributed by atoms with Crippen LogP contribution in [0.2, 0.25) is 0 Å². The molecule has 4 rings (SSSR count). The highest BCUT2D eigenvalue weighted by Gasteiger charge is 2.15. The van der Waals surface area contributed by atoms with E-state index in [0.717, 1.165) is 27.6 Å². The Hall–Kier alpha value is -3.58. The van der Waals surface area contributed by atoms with E-state index in [4.69, 9.17) is 0 Å². The Kier molecular flexibility index (Phi) is 5.81. The number of carbonyl (C=O) groups is 1. The highest BCUT2D eigenvalue weighted by atomic mass is 16.3. The first-order valence-electron chi connectivity index (χ1n) is 9.92. The lowest BCUT2D eigenvalue weighted by atomic mass is 10.1. The minimum absolute atomic E-state index is 0.0847. The number of carbonyl (C=O) groups excluding carboxylic acids is 1. The maximum Gasteiger partial charge on any atom is 0.251 e. The van der Waals surface area contributed by atoms with Crippen LogP contribution in [-0.2, 0) is 6.54 Å². The molecule has 0 saturated carbocycles. The fourth-order valence-electron chi connectivity index (χ4n) is 3.34. The van der Waals surface area contributed by atoms with Crippen molar-refractivity contribution in [2.45, 2.75) is 25.9 Å². The zero-order valence-corrected chi connectivity index (χ0v) is 16.7. The van der Waals surface area contributed by atoms with Crippen molar-refractivity contribution in [1.29, 1.82) is 0 Å². The largest absolute Gasteiger partial charge is 0.394 e. The number of rotatable bonds is 7. The van der Waals surface area contributed by atoms with Gasteiger partial charge in [-0.3, -0.25) is 9.78 Å². The number of nitrogens with zero attached hydrogens (tertiary/aromatic N) is 4. The SMILES string of the molecule is CC[C@H](CO)NC(=O)c1ccccc1Cn1cc(-c2ccc3cnccc3c2)nn1. The van der Waals surface area contributed by atoms with Crippen LogP contribution in [0.5, 0.6) is 0 Å². The number of fused-ring (bicyclic) bond motifs is 1. The summed E-state index contributed by atoms with van der Waals surface area (Å²) in [6.45, 7) is 2.26. The van der Waals surface area contributed by atoms with E-state index in [1.54, 1.807) is 16.9 Å². The number of aliphatic hydroxyl groups is 1. The van der Waals surface area contributed by atoms with Gasteiger partial charge in [-0.15, -0.1) is 5.10 Å². The van der Waals surface area contributed by atoms with Crippen molar-refractivity contribution < 1.29 is 9.90 Å². The topological polar surface area (TPSA) is 92.9 Å². The molecule has 2 heterocycles. The van der Waals surface area contributed by atoms with Gasteiger partial charge in [-0.2, -0.15) is 0 Å². The van der Waals surface area contributed by atoms with Crippen molar-refractivity contribution in [3.05, 3.63) is 78.2 Å². The lowest BCUT2D eigenvalue weighted by Crippen LogP contribution is -2.37.